The molecule has 0 rings (SSSR count). The monoisotopic (exact) mass is 160 g/mol. The second-order valence-corrected chi connectivity index (χ2v) is 2.86. The summed E-state index contributed by atoms with van der Waals surface area (Å²) in [5.74, 6) is -1.93. The van der Waals surface area contributed by atoms with Crippen molar-refractivity contribution in [2.24, 2.45) is 5.73 Å². The molecule has 0 aromatic rings. The number of nitrogens with one attached hydrogen (secondary N) is 1. The number of nitrogens with two attached hydrogens (primary N) is 1. The first kappa shape index (κ1) is 9.90. The number of amides is 2. The largest absolute Gasteiger partial charge is 0.389 e. The van der Waals surface area contributed by atoms with Crippen LogP contribution in [0, 0.1) is 0 Å². The van der Waals surface area contributed by atoms with Crippen LogP contribution in [0.2, 0.25) is 0 Å². The Bertz CT molecular complexity index is 171. The van der Waals surface area contributed by atoms with Crippen LogP contribution in [0.1, 0.15) is 13.8 Å². The van der Waals surface area contributed by atoms with Crippen LogP contribution >= 0.6 is 0 Å². The number of rotatable bonds is 2. The Morgan fingerprint density at radius 1 is 1.55 bits per heavy atom. The van der Waals surface area contributed by atoms with Crippen LogP contribution in [0.5, 0.6) is 0 Å². The summed E-state index contributed by atoms with van der Waals surface area (Å²) in [4.78, 5) is 20.6. The molecule has 0 heterocycles. The molecule has 0 aromatic carbocycles. The third-order valence-electron chi connectivity index (χ3n) is 0.905. The highest BCUT2D eigenvalue weighted by Crippen LogP contribution is 1.96. The van der Waals surface area contributed by atoms with Crippen molar-refractivity contribution >= 4 is 11.8 Å². The quantitative estimate of drug-likeness (QED) is 0.423. The molecule has 64 valence electrons. The van der Waals surface area contributed by atoms with E-state index in [1.54, 1.807) is 0 Å². The fourth-order valence-electron chi connectivity index (χ4n) is 0.384. The van der Waals surface area contributed by atoms with Gasteiger partial charge in [0.05, 0.1) is 5.60 Å². The molecular weight excluding hydrogens is 148 g/mol. The Labute approximate surface area is 64.6 Å². The summed E-state index contributed by atoms with van der Waals surface area (Å²) in [6.45, 7) is 3.03. The first-order valence-corrected chi connectivity index (χ1v) is 3.13. The van der Waals surface area contributed by atoms with Crippen molar-refractivity contribution in [3.05, 3.63) is 0 Å². The molecule has 0 aromatic heterocycles. The highest BCUT2D eigenvalue weighted by atomic mass is 16.3. The van der Waals surface area contributed by atoms with Gasteiger partial charge in [0, 0.05) is 6.54 Å². The van der Waals surface area contributed by atoms with Gasteiger partial charge in [0.15, 0.2) is 0 Å². The lowest BCUT2D eigenvalue weighted by Gasteiger charge is -2.16. The van der Waals surface area contributed by atoms with Gasteiger partial charge in [-0.15, -0.1) is 0 Å². The van der Waals surface area contributed by atoms with E-state index in [0.29, 0.717) is 0 Å². The first-order chi connectivity index (χ1) is 4.83. The maximum atomic E-state index is 10.5. The number of hydrogen-bond acceptors (Lipinski definition) is 3. The van der Waals surface area contributed by atoms with Crippen LogP contribution in [0.15, 0.2) is 0 Å². The Morgan fingerprint density at radius 3 is 2.27 bits per heavy atom. The Hall–Kier alpha value is -1.10. The molecule has 0 saturated carbocycles. The molecule has 0 bridgehead atoms. The minimum absolute atomic E-state index is 0.00870. The van der Waals surface area contributed by atoms with Gasteiger partial charge >= 0.3 is 11.8 Å². The molecule has 2 amide bonds. The molecule has 0 saturated heterocycles. The van der Waals surface area contributed by atoms with E-state index >= 15 is 0 Å². The second kappa shape index (κ2) is 3.34. The Morgan fingerprint density at radius 2 is 2.00 bits per heavy atom. The Balaban J connectivity index is 3.73. The van der Waals surface area contributed by atoms with Crippen molar-refractivity contribution < 1.29 is 14.7 Å². The molecule has 0 unspecified atom stereocenters. The normalized spacial score (nSPS) is 10.8. The lowest BCUT2D eigenvalue weighted by atomic mass is 10.1. The highest BCUT2D eigenvalue weighted by molar-refractivity contribution is 6.34. The molecule has 0 aliphatic heterocycles. The number of primary amides is 1. The molecular formula is C6H12N2O3. The number of carbonyl (C=O) groups excluding carboxylic acids is 2. The van der Waals surface area contributed by atoms with Crippen molar-refractivity contribution in [2.45, 2.75) is 19.4 Å². The van der Waals surface area contributed by atoms with Gasteiger partial charge in [-0.25, -0.2) is 0 Å². The molecule has 0 fully saturated rings. The number of hydrogen-bond donors (Lipinski definition) is 3. The summed E-state index contributed by atoms with van der Waals surface area (Å²) in [5, 5.41) is 11.2. The van der Waals surface area contributed by atoms with Crippen molar-refractivity contribution in [3.63, 3.8) is 0 Å². The summed E-state index contributed by atoms with van der Waals surface area (Å²) >= 11 is 0. The summed E-state index contributed by atoms with van der Waals surface area (Å²) in [6, 6.07) is 0. The number of carbonyl (C=O) groups is 2. The van der Waals surface area contributed by atoms with E-state index in [4.69, 9.17) is 5.11 Å². The van der Waals surface area contributed by atoms with Crippen LogP contribution in [0.4, 0.5) is 0 Å². The van der Waals surface area contributed by atoms with Gasteiger partial charge in [0.2, 0.25) is 0 Å². The van der Waals surface area contributed by atoms with Crippen LogP contribution in [-0.2, 0) is 9.59 Å². The van der Waals surface area contributed by atoms with Crippen LogP contribution < -0.4 is 11.1 Å². The predicted octanol–water partition coefficient (Wildman–Crippen LogP) is -1.64. The fraction of sp³-hybridized carbons (Fsp3) is 0.667. The van der Waals surface area contributed by atoms with Crippen molar-refractivity contribution in [3.8, 4) is 0 Å². The van der Waals surface area contributed by atoms with Crippen LogP contribution in [0.25, 0.3) is 0 Å². The van der Waals surface area contributed by atoms with E-state index < -0.39 is 17.4 Å². The summed E-state index contributed by atoms with van der Waals surface area (Å²) < 4.78 is 0. The lowest BCUT2D eigenvalue weighted by Crippen LogP contribution is -2.43. The molecule has 5 heteroatoms. The maximum absolute atomic E-state index is 10.5. The van der Waals surface area contributed by atoms with Gasteiger partial charge in [-0.05, 0) is 13.8 Å². The standard InChI is InChI=1S/C6H12N2O3/c1-6(2,11)3-8-5(10)4(7)9/h11H,3H2,1-2H3,(H2,7,9)(H,8,10). The topological polar surface area (TPSA) is 92.4 Å². The highest BCUT2D eigenvalue weighted by Gasteiger charge is 2.15. The van der Waals surface area contributed by atoms with Crippen molar-refractivity contribution in [1.29, 1.82) is 0 Å². The third-order valence-corrected chi connectivity index (χ3v) is 0.905. The fourth-order valence-corrected chi connectivity index (χ4v) is 0.384. The molecule has 0 spiro atoms. The molecule has 0 aliphatic carbocycles. The molecule has 0 radical (unpaired) electrons. The molecule has 0 aliphatic rings. The van der Waals surface area contributed by atoms with E-state index in [2.05, 4.69) is 11.1 Å². The summed E-state index contributed by atoms with van der Waals surface area (Å²) in [5.41, 5.74) is 3.61. The minimum atomic E-state index is -1.05. The number of aliphatic hydroxyl groups is 1. The van der Waals surface area contributed by atoms with Crippen molar-refractivity contribution in [2.75, 3.05) is 6.54 Å². The van der Waals surface area contributed by atoms with E-state index in [1.165, 1.54) is 13.8 Å². The van der Waals surface area contributed by atoms with E-state index in [-0.39, 0.29) is 6.54 Å². The SMILES string of the molecule is CC(C)(O)CNC(=O)C(N)=O. The van der Waals surface area contributed by atoms with Gasteiger partial charge in [-0.1, -0.05) is 0 Å². The average molecular weight is 160 g/mol. The minimum Gasteiger partial charge on any atom is -0.389 e. The first-order valence-electron chi connectivity index (χ1n) is 3.13. The molecule has 0 atom stereocenters. The smallest absolute Gasteiger partial charge is 0.309 e. The summed E-state index contributed by atoms with van der Waals surface area (Å²) in [6.07, 6.45) is 0. The molecule has 4 N–H and O–H groups in total. The predicted molar refractivity (Wildman–Crippen MR) is 38.5 cm³/mol. The van der Waals surface area contributed by atoms with Gasteiger partial charge in [-0.3, -0.25) is 9.59 Å². The second-order valence-electron chi connectivity index (χ2n) is 2.86. The van der Waals surface area contributed by atoms with E-state index in [9.17, 15) is 9.59 Å². The Kier molecular flexibility index (Phi) is 3.00. The van der Waals surface area contributed by atoms with Crippen molar-refractivity contribution in [1.82, 2.24) is 5.32 Å². The molecule has 11 heavy (non-hydrogen) atoms. The van der Waals surface area contributed by atoms with E-state index in [0.717, 1.165) is 0 Å². The third kappa shape index (κ3) is 5.35. The van der Waals surface area contributed by atoms with Gasteiger partial charge in [-0.2, -0.15) is 0 Å². The maximum Gasteiger partial charge on any atom is 0.309 e. The van der Waals surface area contributed by atoms with Gasteiger partial charge < -0.3 is 16.2 Å². The van der Waals surface area contributed by atoms with Gasteiger partial charge in [0.25, 0.3) is 0 Å². The summed E-state index contributed by atoms with van der Waals surface area (Å²) in [7, 11) is 0. The zero-order valence-corrected chi connectivity index (χ0v) is 6.55. The van der Waals surface area contributed by atoms with Gasteiger partial charge in [0.1, 0.15) is 0 Å². The average Bonchev–Trinajstić information content (AvgIpc) is 1.80. The zero-order valence-electron chi connectivity index (χ0n) is 6.55. The van der Waals surface area contributed by atoms with E-state index in [1.807, 2.05) is 0 Å². The zero-order chi connectivity index (χ0) is 9.07. The molecule has 5 nitrogen and oxygen atoms in total. The lowest BCUT2D eigenvalue weighted by molar-refractivity contribution is -0.137. The van der Waals surface area contributed by atoms with Crippen LogP contribution in [-0.4, -0.2) is 29.1 Å². The van der Waals surface area contributed by atoms with Crippen LogP contribution in [0.3, 0.4) is 0 Å².